The highest BCUT2D eigenvalue weighted by atomic mass is 79.9. The fraction of sp³-hybridized carbons (Fsp3) is 0.0625. The Balaban J connectivity index is 1.86. The summed E-state index contributed by atoms with van der Waals surface area (Å²) < 4.78 is 30.1. The van der Waals surface area contributed by atoms with Crippen LogP contribution in [-0.2, 0) is 10.0 Å². The number of nitrogens with zero attached hydrogens (tertiary/aromatic N) is 2. The number of halogens is 1. The zero-order chi connectivity index (χ0) is 16.4. The number of sulfonamides is 1. The van der Waals surface area contributed by atoms with Gasteiger partial charge in [0.15, 0.2) is 0 Å². The minimum absolute atomic E-state index is 0.203. The number of nitrogens with one attached hydrogen (secondary N) is 1. The van der Waals surface area contributed by atoms with Gasteiger partial charge in [-0.15, -0.1) is 0 Å². The number of hydrogen-bond acceptors (Lipinski definition) is 3. The first-order chi connectivity index (χ1) is 11.0. The third kappa shape index (κ3) is 3.46. The van der Waals surface area contributed by atoms with Crippen molar-refractivity contribution < 1.29 is 8.42 Å². The van der Waals surface area contributed by atoms with Crippen molar-refractivity contribution >= 4 is 31.6 Å². The predicted octanol–water partition coefficient (Wildman–Crippen LogP) is 3.74. The number of hydrogen-bond donors (Lipinski definition) is 1. The van der Waals surface area contributed by atoms with E-state index < -0.39 is 10.0 Å². The van der Waals surface area contributed by atoms with Gasteiger partial charge < -0.3 is 0 Å². The molecule has 5 nitrogen and oxygen atoms in total. The Morgan fingerprint density at radius 3 is 2.48 bits per heavy atom. The van der Waals surface area contributed by atoms with Crippen molar-refractivity contribution in [2.24, 2.45) is 0 Å². The highest BCUT2D eigenvalue weighted by Crippen LogP contribution is 2.23. The summed E-state index contributed by atoms with van der Waals surface area (Å²) in [6, 6.07) is 13.7. The molecule has 0 radical (unpaired) electrons. The molecule has 3 rings (SSSR count). The number of benzene rings is 2. The molecule has 2 aromatic carbocycles. The normalized spacial score (nSPS) is 11.4. The SMILES string of the molecule is Cc1cc(NS(=O)(=O)c2ccc(-n3cccn3)cc2)ccc1Br. The zero-order valence-corrected chi connectivity index (χ0v) is 14.7. The van der Waals surface area contributed by atoms with Gasteiger partial charge in [-0.2, -0.15) is 5.10 Å². The molecular weight excluding hydrogens is 378 g/mol. The number of aryl methyl sites for hydroxylation is 1. The lowest BCUT2D eigenvalue weighted by Crippen LogP contribution is -2.13. The van der Waals surface area contributed by atoms with Crippen molar-refractivity contribution in [1.82, 2.24) is 9.78 Å². The second-order valence-electron chi connectivity index (χ2n) is 5.01. The molecule has 0 aliphatic carbocycles. The van der Waals surface area contributed by atoms with Crippen LogP contribution in [0.4, 0.5) is 5.69 Å². The molecule has 0 fully saturated rings. The summed E-state index contributed by atoms with van der Waals surface area (Å²) >= 11 is 3.40. The average Bonchev–Trinajstić information content (AvgIpc) is 3.05. The topological polar surface area (TPSA) is 64.0 Å². The van der Waals surface area contributed by atoms with Gasteiger partial charge >= 0.3 is 0 Å². The molecule has 0 unspecified atom stereocenters. The molecule has 0 aliphatic heterocycles. The smallest absolute Gasteiger partial charge is 0.261 e. The van der Waals surface area contributed by atoms with Crippen LogP contribution in [0.1, 0.15) is 5.56 Å². The largest absolute Gasteiger partial charge is 0.280 e. The Morgan fingerprint density at radius 1 is 1.13 bits per heavy atom. The summed E-state index contributed by atoms with van der Waals surface area (Å²) in [5, 5.41) is 4.11. The fourth-order valence-corrected chi connectivity index (χ4v) is 3.42. The third-order valence-corrected chi connectivity index (χ3v) is 5.61. The maximum absolute atomic E-state index is 12.5. The van der Waals surface area contributed by atoms with Crippen molar-refractivity contribution in [2.75, 3.05) is 4.72 Å². The first kappa shape index (κ1) is 15.8. The molecule has 1 heterocycles. The predicted molar refractivity (Wildman–Crippen MR) is 93.3 cm³/mol. The molecule has 0 bridgehead atoms. The van der Waals surface area contributed by atoms with Crippen molar-refractivity contribution in [1.29, 1.82) is 0 Å². The number of rotatable bonds is 4. The van der Waals surface area contributed by atoms with Crippen molar-refractivity contribution in [3.63, 3.8) is 0 Å². The van der Waals surface area contributed by atoms with Crippen molar-refractivity contribution in [2.45, 2.75) is 11.8 Å². The van der Waals surface area contributed by atoms with Crippen LogP contribution in [0.3, 0.4) is 0 Å². The standard InChI is InChI=1S/C16H14BrN3O2S/c1-12-11-13(3-8-16(12)17)19-23(21,22)15-6-4-14(5-7-15)20-10-2-9-18-20/h2-11,19H,1H3. The van der Waals surface area contributed by atoms with Gasteiger partial charge in [-0.3, -0.25) is 4.72 Å². The van der Waals surface area contributed by atoms with Gasteiger partial charge in [0.2, 0.25) is 0 Å². The van der Waals surface area contributed by atoms with Crippen LogP contribution in [0.2, 0.25) is 0 Å². The van der Waals surface area contributed by atoms with Crippen LogP contribution in [-0.4, -0.2) is 18.2 Å². The Hall–Kier alpha value is -2.12. The minimum Gasteiger partial charge on any atom is -0.280 e. The number of anilines is 1. The Bertz CT molecular complexity index is 920. The van der Waals surface area contributed by atoms with Gasteiger partial charge in [0.25, 0.3) is 10.0 Å². The molecule has 118 valence electrons. The van der Waals surface area contributed by atoms with Crippen LogP contribution in [0.5, 0.6) is 0 Å². The zero-order valence-electron chi connectivity index (χ0n) is 12.3. The maximum atomic E-state index is 12.5. The van der Waals surface area contributed by atoms with Gasteiger partial charge in [0.1, 0.15) is 0 Å². The summed E-state index contributed by atoms with van der Waals surface area (Å²) in [5.74, 6) is 0. The van der Waals surface area contributed by atoms with E-state index in [9.17, 15) is 8.42 Å². The molecule has 0 saturated heterocycles. The van der Waals surface area contributed by atoms with Gasteiger partial charge in [0, 0.05) is 22.6 Å². The summed E-state index contributed by atoms with van der Waals surface area (Å²) in [7, 11) is -3.62. The molecule has 3 aromatic rings. The lowest BCUT2D eigenvalue weighted by Gasteiger charge is -2.10. The van der Waals surface area contributed by atoms with Gasteiger partial charge in [-0.1, -0.05) is 15.9 Å². The third-order valence-electron chi connectivity index (χ3n) is 3.33. The van der Waals surface area contributed by atoms with E-state index in [1.807, 2.05) is 19.1 Å². The highest BCUT2D eigenvalue weighted by Gasteiger charge is 2.14. The van der Waals surface area contributed by atoms with Crippen LogP contribution in [0, 0.1) is 6.92 Å². The average molecular weight is 392 g/mol. The molecule has 0 aliphatic rings. The van der Waals surface area contributed by atoms with E-state index in [1.165, 1.54) is 0 Å². The Kier molecular flexibility index (Phi) is 4.23. The molecule has 1 N–H and O–H groups in total. The minimum atomic E-state index is -3.62. The molecular formula is C16H14BrN3O2S. The van der Waals surface area contributed by atoms with Crippen molar-refractivity contribution in [3.8, 4) is 5.69 Å². The summed E-state index contributed by atoms with van der Waals surface area (Å²) in [6.07, 6.45) is 3.47. The molecule has 23 heavy (non-hydrogen) atoms. The summed E-state index contributed by atoms with van der Waals surface area (Å²) in [4.78, 5) is 0.203. The van der Waals surface area contributed by atoms with E-state index in [0.717, 1.165) is 15.7 Å². The van der Waals surface area contributed by atoms with E-state index in [0.29, 0.717) is 5.69 Å². The molecule has 0 atom stereocenters. The first-order valence-corrected chi connectivity index (χ1v) is 9.12. The van der Waals surface area contributed by atoms with Crippen LogP contribution in [0.25, 0.3) is 5.69 Å². The lowest BCUT2D eigenvalue weighted by atomic mass is 10.2. The molecule has 0 saturated carbocycles. The summed E-state index contributed by atoms with van der Waals surface area (Å²) in [6.45, 7) is 1.90. The quantitative estimate of drug-likeness (QED) is 0.736. The van der Waals surface area contributed by atoms with E-state index in [1.54, 1.807) is 53.5 Å². The molecule has 1 aromatic heterocycles. The van der Waals surface area contributed by atoms with Crippen molar-refractivity contribution in [3.05, 3.63) is 71.0 Å². The van der Waals surface area contributed by atoms with Gasteiger partial charge in [-0.25, -0.2) is 13.1 Å². The second kappa shape index (κ2) is 6.17. The van der Waals surface area contributed by atoms with Gasteiger partial charge in [0.05, 0.1) is 10.6 Å². The van der Waals surface area contributed by atoms with E-state index in [2.05, 4.69) is 25.8 Å². The Morgan fingerprint density at radius 2 is 1.87 bits per heavy atom. The molecule has 0 spiro atoms. The van der Waals surface area contributed by atoms with E-state index >= 15 is 0 Å². The Labute approximate surface area is 143 Å². The lowest BCUT2D eigenvalue weighted by molar-refractivity contribution is 0.601. The summed E-state index contributed by atoms with van der Waals surface area (Å²) in [5.41, 5.74) is 2.29. The van der Waals surface area contributed by atoms with Crippen LogP contribution < -0.4 is 4.72 Å². The fourth-order valence-electron chi connectivity index (χ4n) is 2.12. The molecule has 0 amide bonds. The highest BCUT2D eigenvalue weighted by molar-refractivity contribution is 9.10. The van der Waals surface area contributed by atoms with E-state index in [4.69, 9.17) is 0 Å². The first-order valence-electron chi connectivity index (χ1n) is 6.85. The van der Waals surface area contributed by atoms with Crippen LogP contribution in [0.15, 0.2) is 70.3 Å². The van der Waals surface area contributed by atoms with Crippen LogP contribution >= 0.6 is 15.9 Å². The second-order valence-corrected chi connectivity index (χ2v) is 7.55. The van der Waals surface area contributed by atoms with Gasteiger partial charge in [-0.05, 0) is 61.0 Å². The molecule has 7 heteroatoms. The monoisotopic (exact) mass is 391 g/mol. The number of aromatic nitrogens is 2. The maximum Gasteiger partial charge on any atom is 0.261 e. The van der Waals surface area contributed by atoms with E-state index in [-0.39, 0.29) is 4.90 Å².